The number of oxazole rings is 2. The van der Waals surface area contributed by atoms with Crippen LogP contribution in [0.25, 0.3) is 22.2 Å². The molecule has 0 fully saturated rings. The molecule has 2 aromatic carbocycles. The van der Waals surface area contributed by atoms with Crippen molar-refractivity contribution in [1.29, 1.82) is 0 Å². The van der Waals surface area contributed by atoms with Crippen molar-refractivity contribution in [2.45, 2.75) is 0 Å². The summed E-state index contributed by atoms with van der Waals surface area (Å²) in [7, 11) is 0. The molecule has 0 spiro atoms. The summed E-state index contributed by atoms with van der Waals surface area (Å²) >= 11 is 0. The monoisotopic (exact) mass is 296 g/mol. The second kappa shape index (κ2) is 4.32. The van der Waals surface area contributed by atoms with Crippen molar-refractivity contribution in [2.75, 3.05) is 0 Å². The van der Waals surface area contributed by atoms with Crippen LogP contribution in [-0.2, 0) is 0 Å². The van der Waals surface area contributed by atoms with Crippen LogP contribution in [0.2, 0.25) is 0 Å². The van der Waals surface area contributed by atoms with Crippen LogP contribution < -0.4 is 0 Å². The van der Waals surface area contributed by atoms with Crippen LogP contribution in [0.15, 0.2) is 45.2 Å². The first-order valence-corrected chi connectivity index (χ1v) is 6.34. The minimum atomic E-state index is -0.619. The Bertz CT molecular complexity index is 949. The molecule has 0 unspecified atom stereocenters. The van der Waals surface area contributed by atoms with Gasteiger partial charge >= 0.3 is 5.78 Å². The molecule has 7 heteroatoms. The van der Waals surface area contributed by atoms with Crippen LogP contribution >= 0.6 is 0 Å². The Kier molecular flexibility index (Phi) is 2.43. The van der Waals surface area contributed by atoms with E-state index in [1.807, 2.05) is 0 Å². The van der Waals surface area contributed by atoms with Gasteiger partial charge in [0, 0.05) is 12.1 Å². The molecule has 2 heterocycles. The topological polar surface area (TPSA) is 110 Å². The fourth-order valence-corrected chi connectivity index (χ4v) is 2.11. The molecule has 0 aliphatic heterocycles. The molecule has 0 bridgehead atoms. The quantitative estimate of drug-likeness (QED) is 0.547. The van der Waals surface area contributed by atoms with Gasteiger partial charge in [0.1, 0.15) is 22.5 Å². The summed E-state index contributed by atoms with van der Waals surface area (Å²) in [6, 6.07) is 8.69. The van der Waals surface area contributed by atoms with Gasteiger partial charge in [-0.15, -0.1) is 0 Å². The second-order valence-corrected chi connectivity index (χ2v) is 4.67. The molecule has 4 rings (SSSR count). The van der Waals surface area contributed by atoms with E-state index in [1.165, 1.54) is 36.4 Å². The van der Waals surface area contributed by atoms with Crippen molar-refractivity contribution >= 4 is 28.0 Å². The molecule has 0 saturated carbocycles. The Hall–Kier alpha value is -3.35. The first-order valence-electron chi connectivity index (χ1n) is 6.34. The third kappa shape index (κ3) is 1.87. The lowest BCUT2D eigenvalue weighted by Gasteiger charge is -1.88. The van der Waals surface area contributed by atoms with Gasteiger partial charge in [0.05, 0.1) is 0 Å². The number of carbonyl (C=O) groups excluding carboxylic acids is 1. The summed E-state index contributed by atoms with van der Waals surface area (Å²) < 4.78 is 10.6. The average Bonchev–Trinajstić information content (AvgIpc) is 3.08. The summed E-state index contributed by atoms with van der Waals surface area (Å²) in [6.07, 6.45) is 0. The zero-order chi connectivity index (χ0) is 15.3. The van der Waals surface area contributed by atoms with E-state index in [0.29, 0.717) is 11.0 Å². The van der Waals surface area contributed by atoms with E-state index in [2.05, 4.69) is 9.97 Å². The largest absolute Gasteiger partial charge is 0.508 e. The van der Waals surface area contributed by atoms with Crippen molar-refractivity contribution in [3.05, 3.63) is 48.2 Å². The molecular weight excluding hydrogens is 288 g/mol. The smallest absolute Gasteiger partial charge is 0.302 e. The molecular formula is C15H8N2O5. The SMILES string of the molecule is O=C(c1nc2ccc(O)cc2o1)c1nc2ccc(O)cc2o1. The highest BCUT2D eigenvalue weighted by Gasteiger charge is 2.22. The number of phenols is 2. The van der Waals surface area contributed by atoms with Gasteiger partial charge in [-0.2, -0.15) is 0 Å². The number of aromatic hydroxyl groups is 2. The van der Waals surface area contributed by atoms with Crippen molar-refractivity contribution in [3.63, 3.8) is 0 Å². The lowest BCUT2D eigenvalue weighted by Crippen LogP contribution is -2.01. The predicted molar refractivity (Wildman–Crippen MR) is 74.8 cm³/mol. The average molecular weight is 296 g/mol. The van der Waals surface area contributed by atoms with Gasteiger partial charge in [0.25, 0.3) is 11.8 Å². The van der Waals surface area contributed by atoms with Gasteiger partial charge in [0.15, 0.2) is 11.2 Å². The molecule has 0 atom stereocenters. The third-order valence-electron chi connectivity index (χ3n) is 3.13. The normalized spacial score (nSPS) is 11.3. The van der Waals surface area contributed by atoms with Crippen LogP contribution in [0, 0.1) is 0 Å². The zero-order valence-electron chi connectivity index (χ0n) is 11.0. The number of ketones is 1. The predicted octanol–water partition coefficient (Wildman–Crippen LogP) is 2.61. The van der Waals surface area contributed by atoms with Gasteiger partial charge in [-0.25, -0.2) is 9.97 Å². The maximum atomic E-state index is 12.3. The van der Waals surface area contributed by atoms with E-state index < -0.39 is 5.78 Å². The van der Waals surface area contributed by atoms with Gasteiger partial charge < -0.3 is 19.0 Å². The van der Waals surface area contributed by atoms with Crippen LogP contribution in [0.3, 0.4) is 0 Å². The van der Waals surface area contributed by atoms with Crippen molar-refractivity contribution in [2.24, 2.45) is 0 Å². The second-order valence-electron chi connectivity index (χ2n) is 4.67. The highest BCUT2D eigenvalue weighted by Crippen LogP contribution is 2.24. The highest BCUT2D eigenvalue weighted by molar-refractivity contribution is 6.05. The summed E-state index contributed by atoms with van der Waals surface area (Å²) in [5.74, 6) is -0.959. The summed E-state index contributed by atoms with van der Waals surface area (Å²) in [5, 5.41) is 18.8. The van der Waals surface area contributed by atoms with Gasteiger partial charge in [-0.05, 0) is 24.3 Å². The number of fused-ring (bicyclic) bond motifs is 2. The Labute approximate surface area is 122 Å². The first kappa shape index (κ1) is 12.4. The Balaban J connectivity index is 1.80. The highest BCUT2D eigenvalue weighted by atomic mass is 16.4. The number of aromatic nitrogens is 2. The Morgan fingerprint density at radius 2 is 1.27 bits per heavy atom. The number of carbonyl (C=O) groups is 1. The molecule has 2 N–H and O–H groups in total. The molecule has 0 saturated heterocycles. The van der Waals surface area contributed by atoms with E-state index in [1.54, 1.807) is 0 Å². The molecule has 108 valence electrons. The van der Waals surface area contributed by atoms with Crippen molar-refractivity contribution in [1.82, 2.24) is 9.97 Å². The number of hydrogen-bond acceptors (Lipinski definition) is 7. The lowest BCUT2D eigenvalue weighted by molar-refractivity contribution is 0.0974. The van der Waals surface area contributed by atoms with E-state index in [0.717, 1.165) is 0 Å². The fraction of sp³-hybridized carbons (Fsp3) is 0. The summed E-state index contributed by atoms with van der Waals surface area (Å²) in [5.41, 5.74) is 1.46. The van der Waals surface area contributed by atoms with Crippen molar-refractivity contribution in [3.8, 4) is 11.5 Å². The van der Waals surface area contributed by atoms with Crippen LogP contribution in [-0.4, -0.2) is 26.0 Å². The van der Waals surface area contributed by atoms with Crippen molar-refractivity contribution < 1.29 is 23.8 Å². The van der Waals surface area contributed by atoms with Gasteiger partial charge in [-0.1, -0.05) is 0 Å². The molecule has 0 aliphatic rings. The molecule has 0 radical (unpaired) electrons. The van der Waals surface area contributed by atoms with E-state index in [-0.39, 0.29) is 34.4 Å². The lowest BCUT2D eigenvalue weighted by atomic mass is 10.3. The molecule has 7 nitrogen and oxygen atoms in total. The zero-order valence-corrected chi connectivity index (χ0v) is 11.0. The number of nitrogens with zero attached hydrogens (tertiary/aromatic N) is 2. The maximum absolute atomic E-state index is 12.3. The molecule has 2 aromatic heterocycles. The van der Waals surface area contributed by atoms with Crippen LogP contribution in [0.5, 0.6) is 11.5 Å². The van der Waals surface area contributed by atoms with Gasteiger partial charge in [0.2, 0.25) is 0 Å². The van der Waals surface area contributed by atoms with E-state index >= 15 is 0 Å². The number of phenolic OH excluding ortho intramolecular Hbond substituents is 2. The molecule has 4 aromatic rings. The standard InChI is InChI=1S/C15H8N2O5/c18-7-1-3-9-11(5-7)21-14(16-9)13(20)15-17-10-4-2-8(19)6-12(10)22-15/h1-6,18-19H. The molecule has 0 amide bonds. The van der Waals surface area contributed by atoms with Gasteiger partial charge in [-0.3, -0.25) is 4.79 Å². The number of hydrogen-bond donors (Lipinski definition) is 2. The minimum absolute atomic E-state index is 0.0139. The summed E-state index contributed by atoms with van der Waals surface area (Å²) in [4.78, 5) is 20.4. The van der Waals surface area contributed by atoms with Crippen LogP contribution in [0.4, 0.5) is 0 Å². The van der Waals surface area contributed by atoms with E-state index in [9.17, 15) is 15.0 Å². The number of rotatable bonds is 2. The van der Waals surface area contributed by atoms with E-state index in [4.69, 9.17) is 8.83 Å². The molecule has 22 heavy (non-hydrogen) atoms. The maximum Gasteiger partial charge on any atom is 0.302 e. The first-order chi connectivity index (χ1) is 10.6. The van der Waals surface area contributed by atoms with Crippen LogP contribution in [0.1, 0.15) is 16.6 Å². The Morgan fingerprint density at radius 1 is 0.818 bits per heavy atom. The minimum Gasteiger partial charge on any atom is -0.508 e. The fourth-order valence-electron chi connectivity index (χ4n) is 2.11. The number of benzene rings is 2. The molecule has 0 aliphatic carbocycles. The Morgan fingerprint density at radius 3 is 1.73 bits per heavy atom. The third-order valence-corrected chi connectivity index (χ3v) is 3.13. The summed E-state index contributed by atoms with van der Waals surface area (Å²) in [6.45, 7) is 0.